The van der Waals surface area contributed by atoms with E-state index >= 15 is 0 Å². The van der Waals surface area contributed by atoms with Crippen molar-refractivity contribution in [1.82, 2.24) is 9.97 Å². The number of nitrogens with zero attached hydrogens (tertiary/aromatic N) is 2. The summed E-state index contributed by atoms with van der Waals surface area (Å²) in [5, 5.41) is 8.74. The molecule has 0 saturated heterocycles. The van der Waals surface area contributed by atoms with Gasteiger partial charge in [-0.25, -0.2) is 9.97 Å². The third-order valence-electron chi connectivity index (χ3n) is 4.04. The summed E-state index contributed by atoms with van der Waals surface area (Å²) in [5.74, 6) is 0.0886. The first-order valence-corrected chi connectivity index (χ1v) is 8.38. The standard InChI is InChI=1S/C18H21N5O2/c1-12(24)21-15-7-4-8-16(9-15)22-17(25)13-10-19-18(20-11-13)23-14-5-2-3-6-14/h4,7-11,14H,2-3,5-6H2,1H3,(H,21,24)(H,22,25)(H,19,20,23). The molecule has 1 aliphatic rings. The van der Waals surface area contributed by atoms with E-state index in [1.54, 1.807) is 24.3 Å². The molecule has 1 fully saturated rings. The summed E-state index contributed by atoms with van der Waals surface area (Å²) in [6.07, 6.45) is 7.76. The number of hydrogen-bond donors (Lipinski definition) is 3. The van der Waals surface area contributed by atoms with Gasteiger partial charge in [-0.2, -0.15) is 0 Å². The SMILES string of the molecule is CC(=O)Nc1cccc(NC(=O)c2cnc(NC3CCCC3)nc2)c1. The molecule has 2 amide bonds. The number of benzene rings is 1. The molecule has 0 aliphatic heterocycles. The zero-order chi connectivity index (χ0) is 17.6. The van der Waals surface area contributed by atoms with Crippen molar-refractivity contribution in [2.45, 2.75) is 38.6 Å². The van der Waals surface area contributed by atoms with Crippen molar-refractivity contribution >= 4 is 29.1 Å². The second kappa shape index (κ2) is 7.74. The Hall–Kier alpha value is -2.96. The van der Waals surface area contributed by atoms with Gasteiger partial charge in [-0.15, -0.1) is 0 Å². The first kappa shape index (κ1) is 16.9. The average molecular weight is 339 g/mol. The molecule has 25 heavy (non-hydrogen) atoms. The van der Waals surface area contributed by atoms with E-state index in [2.05, 4.69) is 25.9 Å². The predicted octanol–water partition coefficient (Wildman–Crippen LogP) is 3.04. The maximum Gasteiger partial charge on any atom is 0.258 e. The molecule has 1 aromatic heterocycles. The average Bonchev–Trinajstić information content (AvgIpc) is 3.08. The Balaban J connectivity index is 1.61. The number of aromatic nitrogens is 2. The maximum atomic E-state index is 12.3. The van der Waals surface area contributed by atoms with Crippen LogP contribution in [0.5, 0.6) is 0 Å². The summed E-state index contributed by atoms with van der Waals surface area (Å²) in [4.78, 5) is 31.9. The minimum atomic E-state index is -0.299. The normalized spacial score (nSPS) is 14.1. The Morgan fingerprint density at radius 1 is 1.04 bits per heavy atom. The second-order valence-electron chi connectivity index (χ2n) is 6.14. The maximum absolute atomic E-state index is 12.3. The molecule has 130 valence electrons. The highest BCUT2D eigenvalue weighted by atomic mass is 16.2. The van der Waals surface area contributed by atoms with Crippen LogP contribution in [0.25, 0.3) is 0 Å². The topological polar surface area (TPSA) is 96.0 Å². The molecule has 1 saturated carbocycles. The van der Waals surface area contributed by atoms with Gasteiger partial charge in [0.2, 0.25) is 11.9 Å². The molecule has 3 rings (SSSR count). The molecular weight excluding hydrogens is 318 g/mol. The number of nitrogens with one attached hydrogen (secondary N) is 3. The van der Waals surface area contributed by atoms with Crippen LogP contribution in [-0.4, -0.2) is 27.8 Å². The Kier molecular flexibility index (Phi) is 5.23. The number of hydrogen-bond acceptors (Lipinski definition) is 5. The summed E-state index contributed by atoms with van der Waals surface area (Å²) in [6.45, 7) is 1.43. The summed E-state index contributed by atoms with van der Waals surface area (Å²) in [6, 6.07) is 7.38. The van der Waals surface area contributed by atoms with E-state index in [1.165, 1.54) is 32.2 Å². The fourth-order valence-electron chi connectivity index (χ4n) is 2.85. The van der Waals surface area contributed by atoms with Crippen LogP contribution in [0.15, 0.2) is 36.7 Å². The number of rotatable bonds is 5. The molecule has 0 atom stereocenters. The van der Waals surface area contributed by atoms with E-state index in [0.29, 0.717) is 28.9 Å². The predicted molar refractivity (Wildman–Crippen MR) is 96.6 cm³/mol. The van der Waals surface area contributed by atoms with Gasteiger partial charge in [0.05, 0.1) is 5.56 Å². The molecule has 7 nitrogen and oxygen atoms in total. The quantitative estimate of drug-likeness (QED) is 0.778. The largest absolute Gasteiger partial charge is 0.351 e. The van der Waals surface area contributed by atoms with E-state index in [-0.39, 0.29) is 11.8 Å². The number of amides is 2. The van der Waals surface area contributed by atoms with Crippen LogP contribution in [0.4, 0.5) is 17.3 Å². The van der Waals surface area contributed by atoms with E-state index in [4.69, 9.17) is 0 Å². The third kappa shape index (κ3) is 4.76. The van der Waals surface area contributed by atoms with Crippen molar-refractivity contribution in [2.75, 3.05) is 16.0 Å². The van der Waals surface area contributed by atoms with Crippen molar-refractivity contribution in [1.29, 1.82) is 0 Å². The molecule has 0 unspecified atom stereocenters. The number of carbonyl (C=O) groups is 2. The van der Waals surface area contributed by atoms with Gasteiger partial charge in [0.25, 0.3) is 5.91 Å². The minimum absolute atomic E-state index is 0.165. The van der Waals surface area contributed by atoms with E-state index < -0.39 is 0 Å². The fourth-order valence-corrected chi connectivity index (χ4v) is 2.85. The Morgan fingerprint density at radius 3 is 2.32 bits per heavy atom. The van der Waals surface area contributed by atoms with E-state index in [9.17, 15) is 9.59 Å². The molecule has 0 bridgehead atoms. The van der Waals surface area contributed by atoms with Crippen molar-refractivity contribution in [3.8, 4) is 0 Å². The van der Waals surface area contributed by atoms with Crippen LogP contribution >= 0.6 is 0 Å². The zero-order valence-electron chi connectivity index (χ0n) is 14.1. The Labute approximate surface area is 146 Å². The van der Waals surface area contributed by atoms with Gasteiger partial charge in [-0.05, 0) is 31.0 Å². The van der Waals surface area contributed by atoms with Gasteiger partial charge in [-0.1, -0.05) is 18.9 Å². The van der Waals surface area contributed by atoms with Crippen molar-refractivity contribution in [3.05, 3.63) is 42.2 Å². The van der Waals surface area contributed by atoms with Crippen LogP contribution in [0.1, 0.15) is 43.0 Å². The molecule has 1 aliphatic carbocycles. The van der Waals surface area contributed by atoms with Crippen molar-refractivity contribution in [2.24, 2.45) is 0 Å². The molecule has 2 aromatic rings. The van der Waals surface area contributed by atoms with Crippen LogP contribution in [-0.2, 0) is 4.79 Å². The Bertz CT molecular complexity index is 754. The van der Waals surface area contributed by atoms with Crippen LogP contribution < -0.4 is 16.0 Å². The summed E-state index contributed by atoms with van der Waals surface area (Å²) < 4.78 is 0. The lowest BCUT2D eigenvalue weighted by Gasteiger charge is -2.11. The number of anilines is 3. The van der Waals surface area contributed by atoms with Crippen LogP contribution in [0.2, 0.25) is 0 Å². The van der Waals surface area contributed by atoms with E-state index in [1.807, 2.05) is 0 Å². The molecule has 7 heteroatoms. The first-order valence-electron chi connectivity index (χ1n) is 8.38. The monoisotopic (exact) mass is 339 g/mol. The van der Waals surface area contributed by atoms with Gasteiger partial charge in [0.1, 0.15) is 0 Å². The highest BCUT2D eigenvalue weighted by Gasteiger charge is 2.16. The first-order chi connectivity index (χ1) is 12.1. The highest BCUT2D eigenvalue weighted by Crippen LogP contribution is 2.20. The molecular formula is C18H21N5O2. The number of carbonyl (C=O) groups excluding carboxylic acids is 2. The van der Waals surface area contributed by atoms with Gasteiger partial charge in [0.15, 0.2) is 0 Å². The van der Waals surface area contributed by atoms with Crippen LogP contribution in [0.3, 0.4) is 0 Å². The third-order valence-corrected chi connectivity index (χ3v) is 4.04. The summed E-state index contributed by atoms with van der Waals surface area (Å²) >= 11 is 0. The molecule has 3 N–H and O–H groups in total. The molecule has 0 spiro atoms. The lowest BCUT2D eigenvalue weighted by atomic mass is 10.2. The zero-order valence-corrected chi connectivity index (χ0v) is 14.1. The Morgan fingerprint density at radius 2 is 1.68 bits per heavy atom. The van der Waals surface area contributed by atoms with Gasteiger partial charge < -0.3 is 16.0 Å². The van der Waals surface area contributed by atoms with Gasteiger partial charge >= 0.3 is 0 Å². The summed E-state index contributed by atoms with van der Waals surface area (Å²) in [7, 11) is 0. The van der Waals surface area contributed by atoms with Crippen LogP contribution in [0, 0.1) is 0 Å². The summed E-state index contributed by atoms with van der Waals surface area (Å²) in [5.41, 5.74) is 1.59. The van der Waals surface area contributed by atoms with Gasteiger partial charge in [-0.3, -0.25) is 9.59 Å². The van der Waals surface area contributed by atoms with Crippen molar-refractivity contribution in [3.63, 3.8) is 0 Å². The lowest BCUT2D eigenvalue weighted by molar-refractivity contribution is -0.114. The molecule has 0 radical (unpaired) electrons. The minimum Gasteiger partial charge on any atom is -0.351 e. The second-order valence-corrected chi connectivity index (χ2v) is 6.14. The lowest BCUT2D eigenvalue weighted by Crippen LogP contribution is -2.18. The van der Waals surface area contributed by atoms with Crippen molar-refractivity contribution < 1.29 is 9.59 Å². The fraction of sp³-hybridized carbons (Fsp3) is 0.333. The highest BCUT2D eigenvalue weighted by molar-refractivity contribution is 6.04. The van der Waals surface area contributed by atoms with Gasteiger partial charge in [0, 0.05) is 36.7 Å². The molecule has 1 heterocycles. The molecule has 1 aromatic carbocycles. The van der Waals surface area contributed by atoms with E-state index in [0.717, 1.165) is 12.8 Å². The smallest absolute Gasteiger partial charge is 0.258 e.